The topological polar surface area (TPSA) is 76.2 Å². The standard InChI is InChI=1S/C22H18N4O2/c1-12-9-10-16-17(11-12)28-21(24-16)19-13(2)23-20-18(15-7-5-4-6-8-15)14(3)25-26(20)22(19)27/h4-11,25H,1-3H3. The van der Waals surface area contributed by atoms with E-state index < -0.39 is 0 Å². The van der Waals surface area contributed by atoms with Gasteiger partial charge in [0.1, 0.15) is 11.1 Å². The van der Waals surface area contributed by atoms with Crippen LogP contribution in [0.5, 0.6) is 0 Å². The fraction of sp³-hybridized carbons (Fsp3) is 0.136. The van der Waals surface area contributed by atoms with E-state index in [4.69, 9.17) is 9.40 Å². The predicted octanol–water partition coefficient (Wildman–Crippen LogP) is 4.42. The van der Waals surface area contributed by atoms with E-state index in [1.54, 1.807) is 0 Å². The number of hydrogen-bond donors (Lipinski definition) is 1. The molecule has 28 heavy (non-hydrogen) atoms. The maximum absolute atomic E-state index is 13.3. The Labute approximate surface area is 160 Å². The Morgan fingerprint density at radius 1 is 0.964 bits per heavy atom. The molecule has 2 aromatic carbocycles. The van der Waals surface area contributed by atoms with Gasteiger partial charge < -0.3 is 4.42 Å². The van der Waals surface area contributed by atoms with Gasteiger partial charge in [-0.3, -0.25) is 9.89 Å². The fourth-order valence-corrected chi connectivity index (χ4v) is 3.63. The molecule has 5 rings (SSSR count). The molecule has 0 saturated heterocycles. The minimum Gasteiger partial charge on any atom is -0.436 e. The lowest BCUT2D eigenvalue weighted by molar-refractivity contribution is 0.616. The van der Waals surface area contributed by atoms with Crippen molar-refractivity contribution >= 4 is 16.7 Å². The van der Waals surface area contributed by atoms with E-state index in [-0.39, 0.29) is 5.56 Å². The second-order valence-corrected chi connectivity index (χ2v) is 7.00. The second kappa shape index (κ2) is 5.92. The van der Waals surface area contributed by atoms with Crippen molar-refractivity contribution in [3.05, 3.63) is 75.8 Å². The monoisotopic (exact) mass is 370 g/mol. The van der Waals surface area contributed by atoms with Gasteiger partial charge in [-0.25, -0.2) is 14.5 Å². The highest BCUT2D eigenvalue weighted by atomic mass is 16.3. The molecule has 0 aliphatic heterocycles. The van der Waals surface area contributed by atoms with Crippen molar-refractivity contribution in [2.75, 3.05) is 0 Å². The van der Waals surface area contributed by atoms with Crippen LogP contribution < -0.4 is 5.56 Å². The van der Waals surface area contributed by atoms with Crippen LogP contribution in [0.3, 0.4) is 0 Å². The van der Waals surface area contributed by atoms with Crippen molar-refractivity contribution in [3.63, 3.8) is 0 Å². The molecule has 0 amide bonds. The summed E-state index contributed by atoms with van der Waals surface area (Å²) in [5, 5.41) is 3.15. The summed E-state index contributed by atoms with van der Waals surface area (Å²) in [6, 6.07) is 15.7. The Bertz CT molecular complexity index is 1410. The Balaban J connectivity index is 1.78. The molecule has 5 aromatic rings. The van der Waals surface area contributed by atoms with Crippen LogP contribution in [0.15, 0.2) is 57.7 Å². The number of H-pyrrole nitrogens is 1. The van der Waals surface area contributed by atoms with Crippen LogP contribution in [0.1, 0.15) is 17.0 Å². The van der Waals surface area contributed by atoms with E-state index in [0.717, 1.165) is 27.9 Å². The van der Waals surface area contributed by atoms with E-state index in [2.05, 4.69) is 10.1 Å². The van der Waals surface area contributed by atoms with Gasteiger partial charge in [-0.1, -0.05) is 36.4 Å². The lowest BCUT2D eigenvalue weighted by atomic mass is 10.1. The molecule has 0 spiro atoms. The summed E-state index contributed by atoms with van der Waals surface area (Å²) in [5.41, 5.74) is 6.58. The van der Waals surface area contributed by atoms with Crippen molar-refractivity contribution < 1.29 is 4.42 Å². The normalized spacial score (nSPS) is 11.5. The molecule has 3 aromatic heterocycles. The highest BCUT2D eigenvalue weighted by Gasteiger charge is 2.21. The smallest absolute Gasteiger partial charge is 0.285 e. The van der Waals surface area contributed by atoms with Gasteiger partial charge in [-0.05, 0) is 44.0 Å². The van der Waals surface area contributed by atoms with Gasteiger partial charge >= 0.3 is 0 Å². The lowest BCUT2D eigenvalue weighted by Crippen LogP contribution is -2.19. The molecule has 0 bridgehead atoms. The summed E-state index contributed by atoms with van der Waals surface area (Å²) in [7, 11) is 0. The molecule has 6 heteroatoms. The Kier molecular flexibility index (Phi) is 3.49. The Hall–Kier alpha value is -3.67. The molecular weight excluding hydrogens is 352 g/mol. The minimum absolute atomic E-state index is 0.226. The third-order valence-corrected chi connectivity index (χ3v) is 4.96. The molecule has 0 unspecified atom stereocenters. The molecule has 138 valence electrons. The van der Waals surface area contributed by atoms with E-state index >= 15 is 0 Å². The van der Waals surface area contributed by atoms with Gasteiger partial charge in [0.2, 0.25) is 5.89 Å². The van der Waals surface area contributed by atoms with Gasteiger partial charge in [0.05, 0.1) is 5.69 Å². The van der Waals surface area contributed by atoms with E-state index in [1.165, 1.54) is 4.52 Å². The average Bonchev–Trinajstić information content (AvgIpc) is 3.22. The maximum Gasteiger partial charge on any atom is 0.285 e. The molecular formula is C22H18N4O2. The van der Waals surface area contributed by atoms with Crippen LogP contribution in [-0.4, -0.2) is 19.6 Å². The molecule has 0 saturated carbocycles. The summed E-state index contributed by atoms with van der Waals surface area (Å²) in [6.07, 6.45) is 0. The van der Waals surface area contributed by atoms with Crippen LogP contribution in [0, 0.1) is 20.8 Å². The van der Waals surface area contributed by atoms with E-state index in [1.807, 2.05) is 69.3 Å². The average molecular weight is 370 g/mol. The summed E-state index contributed by atoms with van der Waals surface area (Å²) in [4.78, 5) is 22.5. The molecule has 0 aliphatic rings. The molecule has 1 N–H and O–H groups in total. The number of fused-ring (bicyclic) bond motifs is 2. The first kappa shape index (κ1) is 16.5. The molecule has 0 radical (unpaired) electrons. The third kappa shape index (κ3) is 2.38. The number of hydrogen-bond acceptors (Lipinski definition) is 4. The van der Waals surface area contributed by atoms with Crippen LogP contribution in [-0.2, 0) is 0 Å². The number of rotatable bonds is 2. The van der Waals surface area contributed by atoms with E-state index in [9.17, 15) is 4.79 Å². The quantitative estimate of drug-likeness (QED) is 0.499. The van der Waals surface area contributed by atoms with Gasteiger partial charge in [0, 0.05) is 11.3 Å². The number of benzene rings is 2. The SMILES string of the molecule is Cc1ccc2nc(-c3c(C)nc4c(-c5ccccc5)c(C)[nH]n4c3=O)oc2c1. The number of aromatic nitrogens is 4. The van der Waals surface area contributed by atoms with Crippen molar-refractivity contribution in [1.82, 2.24) is 19.6 Å². The Morgan fingerprint density at radius 2 is 1.75 bits per heavy atom. The fourth-order valence-electron chi connectivity index (χ4n) is 3.63. The zero-order chi connectivity index (χ0) is 19.4. The van der Waals surface area contributed by atoms with Gasteiger partial charge in [0.25, 0.3) is 5.56 Å². The Morgan fingerprint density at radius 3 is 2.54 bits per heavy atom. The second-order valence-electron chi connectivity index (χ2n) is 7.00. The highest BCUT2D eigenvalue weighted by Crippen LogP contribution is 2.29. The number of aryl methyl sites for hydroxylation is 3. The molecule has 0 aliphatic carbocycles. The predicted molar refractivity (Wildman–Crippen MR) is 108 cm³/mol. The highest BCUT2D eigenvalue weighted by molar-refractivity contribution is 5.81. The van der Waals surface area contributed by atoms with Crippen molar-refractivity contribution in [2.45, 2.75) is 20.8 Å². The largest absolute Gasteiger partial charge is 0.436 e. The number of aromatic amines is 1. The van der Waals surface area contributed by atoms with Gasteiger partial charge in [-0.15, -0.1) is 0 Å². The first-order valence-electron chi connectivity index (χ1n) is 9.08. The van der Waals surface area contributed by atoms with Crippen LogP contribution in [0.25, 0.3) is 39.3 Å². The lowest BCUT2D eigenvalue weighted by Gasteiger charge is -2.04. The number of nitrogens with zero attached hydrogens (tertiary/aromatic N) is 3. The first-order chi connectivity index (χ1) is 13.5. The van der Waals surface area contributed by atoms with Crippen LogP contribution in [0.4, 0.5) is 0 Å². The summed E-state index contributed by atoms with van der Waals surface area (Å²) in [6.45, 7) is 5.74. The maximum atomic E-state index is 13.3. The summed E-state index contributed by atoms with van der Waals surface area (Å²) < 4.78 is 7.36. The van der Waals surface area contributed by atoms with Crippen LogP contribution in [0.2, 0.25) is 0 Å². The van der Waals surface area contributed by atoms with Crippen molar-refractivity contribution in [3.8, 4) is 22.6 Å². The number of nitrogens with one attached hydrogen (secondary N) is 1. The van der Waals surface area contributed by atoms with Crippen molar-refractivity contribution in [1.29, 1.82) is 0 Å². The van der Waals surface area contributed by atoms with Gasteiger partial charge in [0.15, 0.2) is 11.2 Å². The minimum atomic E-state index is -0.226. The molecule has 6 nitrogen and oxygen atoms in total. The first-order valence-corrected chi connectivity index (χ1v) is 9.08. The van der Waals surface area contributed by atoms with Crippen LogP contribution >= 0.6 is 0 Å². The molecule has 0 fully saturated rings. The number of oxazole rings is 1. The summed E-state index contributed by atoms with van der Waals surface area (Å²) >= 11 is 0. The van der Waals surface area contributed by atoms with Gasteiger partial charge in [-0.2, -0.15) is 0 Å². The molecule has 0 atom stereocenters. The third-order valence-electron chi connectivity index (χ3n) is 4.96. The summed E-state index contributed by atoms with van der Waals surface area (Å²) in [5.74, 6) is 0.290. The zero-order valence-corrected chi connectivity index (χ0v) is 15.8. The molecule has 3 heterocycles. The van der Waals surface area contributed by atoms with E-state index in [0.29, 0.717) is 28.4 Å². The zero-order valence-electron chi connectivity index (χ0n) is 15.8. The van der Waals surface area contributed by atoms with Crippen molar-refractivity contribution in [2.24, 2.45) is 0 Å².